The quantitative estimate of drug-likeness (QED) is 0.451. The first-order valence-electron chi connectivity index (χ1n) is 11.3. The van der Waals surface area contributed by atoms with Crippen molar-refractivity contribution in [3.8, 4) is 0 Å². The van der Waals surface area contributed by atoms with Crippen molar-refractivity contribution in [2.24, 2.45) is 11.8 Å². The minimum atomic E-state index is -1.15. The number of fused-ring (bicyclic) bond motifs is 1. The number of hydrogen-bond acceptors (Lipinski definition) is 6. The largest absolute Gasteiger partial charge is 0.481 e. The molecule has 182 valence electrons. The van der Waals surface area contributed by atoms with Crippen molar-refractivity contribution in [2.75, 3.05) is 25.0 Å². The summed E-state index contributed by atoms with van der Waals surface area (Å²) in [7, 11) is 1.84. The third-order valence-corrected chi connectivity index (χ3v) is 6.44. The SMILES string of the molecule is CC(C)CC(=O)c1ccc(N(C)c2c(Cl)ccc3c2CCNCC3C(CC(=O)O)C(=O)O)cn1. The van der Waals surface area contributed by atoms with E-state index in [1.165, 1.54) is 0 Å². The molecule has 1 aliphatic heterocycles. The van der Waals surface area contributed by atoms with Crippen LogP contribution in [-0.2, 0) is 16.0 Å². The average Bonchev–Trinajstić information content (AvgIpc) is 2.98. The van der Waals surface area contributed by atoms with Crippen LogP contribution in [0.5, 0.6) is 0 Å². The number of nitrogens with one attached hydrogen (secondary N) is 1. The van der Waals surface area contributed by atoms with Crippen LogP contribution in [-0.4, -0.2) is 53.1 Å². The van der Waals surface area contributed by atoms with Crippen molar-refractivity contribution in [1.29, 1.82) is 0 Å². The molecule has 2 heterocycles. The molecule has 8 nitrogen and oxygen atoms in total. The van der Waals surface area contributed by atoms with Gasteiger partial charge in [0.15, 0.2) is 5.78 Å². The van der Waals surface area contributed by atoms with Gasteiger partial charge in [-0.1, -0.05) is 31.5 Å². The summed E-state index contributed by atoms with van der Waals surface area (Å²) in [5.74, 6) is -3.66. The van der Waals surface area contributed by atoms with Crippen molar-refractivity contribution >= 4 is 40.7 Å². The number of anilines is 2. The zero-order chi connectivity index (χ0) is 25.0. The van der Waals surface area contributed by atoms with Gasteiger partial charge in [0.1, 0.15) is 5.69 Å². The van der Waals surface area contributed by atoms with Crippen LogP contribution in [0, 0.1) is 11.8 Å². The number of halogens is 1. The summed E-state index contributed by atoms with van der Waals surface area (Å²) >= 11 is 6.63. The lowest BCUT2D eigenvalue weighted by molar-refractivity contribution is -0.149. The number of aliphatic carboxylic acids is 2. The number of Topliss-reactive ketones (excluding diaryl/α,β-unsaturated/α-hetero) is 1. The first-order valence-corrected chi connectivity index (χ1v) is 11.7. The Morgan fingerprint density at radius 2 is 1.91 bits per heavy atom. The van der Waals surface area contributed by atoms with Gasteiger partial charge in [0.25, 0.3) is 0 Å². The van der Waals surface area contributed by atoms with Crippen LogP contribution < -0.4 is 10.2 Å². The summed E-state index contributed by atoms with van der Waals surface area (Å²) in [5.41, 5.74) is 3.51. The van der Waals surface area contributed by atoms with E-state index in [1.54, 1.807) is 24.4 Å². The summed E-state index contributed by atoms with van der Waals surface area (Å²) in [4.78, 5) is 41.9. The van der Waals surface area contributed by atoms with E-state index < -0.39 is 30.2 Å². The second-order valence-corrected chi connectivity index (χ2v) is 9.46. The number of carboxylic acids is 2. The van der Waals surface area contributed by atoms with Crippen LogP contribution in [0.4, 0.5) is 11.4 Å². The van der Waals surface area contributed by atoms with Crippen LogP contribution in [0.1, 0.15) is 54.2 Å². The summed E-state index contributed by atoms with van der Waals surface area (Å²) in [6.07, 6.45) is 2.18. The van der Waals surface area contributed by atoms with E-state index in [1.807, 2.05) is 31.9 Å². The zero-order valence-corrected chi connectivity index (χ0v) is 20.3. The number of pyridine rings is 1. The molecule has 1 aromatic heterocycles. The summed E-state index contributed by atoms with van der Waals surface area (Å²) in [6.45, 7) is 4.93. The van der Waals surface area contributed by atoms with Gasteiger partial charge in [-0.05, 0) is 48.2 Å². The summed E-state index contributed by atoms with van der Waals surface area (Å²) < 4.78 is 0. The molecular weight excluding hydrogens is 458 g/mol. The summed E-state index contributed by atoms with van der Waals surface area (Å²) in [6, 6.07) is 7.03. The van der Waals surface area contributed by atoms with Gasteiger partial charge >= 0.3 is 11.9 Å². The number of hydrogen-bond donors (Lipinski definition) is 3. The van der Waals surface area contributed by atoms with E-state index in [0.29, 0.717) is 36.6 Å². The molecule has 3 rings (SSSR count). The fourth-order valence-corrected chi connectivity index (χ4v) is 4.78. The molecule has 2 atom stereocenters. The van der Waals surface area contributed by atoms with Gasteiger partial charge in [0, 0.05) is 25.9 Å². The fourth-order valence-electron chi connectivity index (χ4n) is 4.48. The Balaban J connectivity index is 2.01. The highest BCUT2D eigenvalue weighted by Crippen LogP contribution is 2.41. The molecule has 34 heavy (non-hydrogen) atoms. The highest BCUT2D eigenvalue weighted by atomic mass is 35.5. The standard InChI is InChI=1S/C25H30ClN3O5/c1-14(2)10-22(30)21-7-4-15(12-28-21)29(3)24-17-8-9-27-13-19(16(17)5-6-20(24)26)18(25(33)34)11-23(31)32/h4-7,12,14,18-19,27H,8-11,13H2,1-3H3,(H,31,32)(H,33,34). The molecule has 1 aliphatic rings. The molecule has 2 unspecified atom stereocenters. The van der Waals surface area contributed by atoms with E-state index in [0.717, 1.165) is 22.5 Å². The predicted molar refractivity (Wildman–Crippen MR) is 130 cm³/mol. The Bertz CT molecular complexity index is 1070. The third kappa shape index (κ3) is 5.74. The predicted octanol–water partition coefficient (Wildman–Crippen LogP) is 4.14. The van der Waals surface area contributed by atoms with Crippen LogP contribution in [0.2, 0.25) is 5.02 Å². The molecule has 0 bridgehead atoms. The third-order valence-electron chi connectivity index (χ3n) is 6.13. The second-order valence-electron chi connectivity index (χ2n) is 9.05. The van der Waals surface area contributed by atoms with Crippen LogP contribution in [0.15, 0.2) is 30.5 Å². The minimum Gasteiger partial charge on any atom is -0.481 e. The normalized spacial score (nSPS) is 16.4. The fraction of sp³-hybridized carbons (Fsp3) is 0.440. The molecule has 0 aliphatic carbocycles. The number of carbonyl (C=O) groups excluding carboxylic acids is 1. The average molecular weight is 488 g/mol. The zero-order valence-electron chi connectivity index (χ0n) is 19.5. The molecule has 0 fully saturated rings. The number of carbonyl (C=O) groups is 3. The van der Waals surface area contributed by atoms with Gasteiger partial charge in [0.2, 0.25) is 0 Å². The Hall–Kier alpha value is -2.97. The number of nitrogens with zero attached hydrogens (tertiary/aromatic N) is 2. The molecule has 0 amide bonds. The molecule has 0 saturated carbocycles. The van der Waals surface area contributed by atoms with Gasteiger partial charge in [0.05, 0.1) is 34.9 Å². The van der Waals surface area contributed by atoms with Crippen LogP contribution in [0.25, 0.3) is 0 Å². The van der Waals surface area contributed by atoms with Gasteiger partial charge < -0.3 is 20.4 Å². The molecule has 9 heteroatoms. The van der Waals surface area contributed by atoms with E-state index >= 15 is 0 Å². The number of rotatable bonds is 9. The van der Waals surface area contributed by atoms with E-state index in [4.69, 9.17) is 11.6 Å². The topological polar surface area (TPSA) is 120 Å². The molecule has 1 aromatic carbocycles. The van der Waals surface area contributed by atoms with Crippen molar-refractivity contribution in [1.82, 2.24) is 10.3 Å². The number of aromatic nitrogens is 1. The number of benzene rings is 1. The first kappa shape index (κ1) is 25.6. The Morgan fingerprint density at radius 3 is 2.50 bits per heavy atom. The maximum absolute atomic E-state index is 12.3. The monoisotopic (exact) mass is 487 g/mol. The van der Waals surface area contributed by atoms with Gasteiger partial charge in [-0.3, -0.25) is 19.4 Å². The van der Waals surface area contributed by atoms with E-state index in [-0.39, 0.29) is 11.7 Å². The van der Waals surface area contributed by atoms with Crippen LogP contribution >= 0.6 is 11.6 Å². The summed E-state index contributed by atoms with van der Waals surface area (Å²) in [5, 5.41) is 22.8. The lowest BCUT2D eigenvalue weighted by atomic mass is 9.81. The van der Waals surface area contributed by atoms with E-state index in [9.17, 15) is 24.6 Å². The van der Waals surface area contributed by atoms with Crippen LogP contribution in [0.3, 0.4) is 0 Å². The van der Waals surface area contributed by atoms with Crippen molar-refractivity contribution in [3.05, 3.63) is 52.3 Å². The highest BCUT2D eigenvalue weighted by Gasteiger charge is 2.35. The highest BCUT2D eigenvalue weighted by molar-refractivity contribution is 6.33. The lowest BCUT2D eigenvalue weighted by Gasteiger charge is -2.28. The number of ketones is 1. The molecule has 0 saturated heterocycles. The number of carboxylic acid groups (broad SMARTS) is 2. The van der Waals surface area contributed by atoms with E-state index in [2.05, 4.69) is 10.3 Å². The van der Waals surface area contributed by atoms with Crippen molar-refractivity contribution < 1.29 is 24.6 Å². The smallest absolute Gasteiger partial charge is 0.307 e. The first-order chi connectivity index (χ1) is 16.1. The van der Waals surface area contributed by atoms with Gasteiger partial charge in [-0.2, -0.15) is 0 Å². The van der Waals surface area contributed by atoms with Crippen molar-refractivity contribution in [3.63, 3.8) is 0 Å². The lowest BCUT2D eigenvalue weighted by Crippen LogP contribution is -2.31. The second kappa shape index (κ2) is 11.0. The van der Waals surface area contributed by atoms with Gasteiger partial charge in [-0.15, -0.1) is 0 Å². The van der Waals surface area contributed by atoms with Crippen molar-refractivity contribution in [2.45, 2.75) is 39.0 Å². The molecule has 0 spiro atoms. The Kier molecular flexibility index (Phi) is 8.28. The Labute approximate surface area is 203 Å². The maximum Gasteiger partial charge on any atom is 0.307 e. The molecule has 2 aromatic rings. The molecule has 3 N–H and O–H groups in total. The minimum absolute atomic E-state index is 0.0112. The molecular formula is C25H30ClN3O5. The Morgan fingerprint density at radius 1 is 1.18 bits per heavy atom. The maximum atomic E-state index is 12.3. The molecule has 0 radical (unpaired) electrons. The van der Waals surface area contributed by atoms with Gasteiger partial charge in [-0.25, -0.2) is 0 Å².